The lowest BCUT2D eigenvalue weighted by Gasteiger charge is -2.12. The molecule has 0 bridgehead atoms. The summed E-state index contributed by atoms with van der Waals surface area (Å²) in [6.07, 6.45) is 1.77. The van der Waals surface area contributed by atoms with E-state index in [4.69, 9.17) is 5.73 Å². The molecule has 1 aliphatic heterocycles. The zero-order valence-corrected chi connectivity index (χ0v) is 13.3. The normalized spacial score (nSPS) is 13.0. The maximum absolute atomic E-state index is 12.7. The molecule has 4 rings (SSSR count). The Kier molecular flexibility index (Phi) is 3.57. The van der Waals surface area contributed by atoms with Gasteiger partial charge in [0.25, 0.3) is 11.5 Å². The van der Waals surface area contributed by atoms with Gasteiger partial charge in [0.05, 0.1) is 30.9 Å². The van der Waals surface area contributed by atoms with Crippen molar-refractivity contribution in [3.05, 3.63) is 75.5 Å². The number of nitrogens with zero attached hydrogens (tertiary/aromatic N) is 4. The molecular weight excluding hydrogens is 320 g/mol. The number of benzene rings is 1. The molecule has 0 aliphatic carbocycles. The van der Waals surface area contributed by atoms with E-state index >= 15 is 0 Å². The van der Waals surface area contributed by atoms with Gasteiger partial charge in [-0.05, 0) is 11.6 Å². The highest BCUT2D eigenvalue weighted by molar-refractivity contribution is 5.92. The molecule has 0 spiro atoms. The van der Waals surface area contributed by atoms with Gasteiger partial charge in [-0.15, -0.1) is 0 Å². The molecule has 0 atom stereocenters. The maximum Gasteiger partial charge on any atom is 0.275 e. The van der Waals surface area contributed by atoms with Gasteiger partial charge in [-0.3, -0.25) is 19.3 Å². The molecule has 0 unspecified atom stereocenters. The summed E-state index contributed by atoms with van der Waals surface area (Å²) in [5.41, 5.74) is 7.72. The van der Waals surface area contributed by atoms with Crippen molar-refractivity contribution in [3.8, 4) is 0 Å². The van der Waals surface area contributed by atoms with Gasteiger partial charge in [0, 0.05) is 6.20 Å². The number of hydrogen-bond donors (Lipinski definition) is 2. The van der Waals surface area contributed by atoms with Crippen LogP contribution in [0.2, 0.25) is 0 Å². The van der Waals surface area contributed by atoms with Crippen LogP contribution in [-0.4, -0.2) is 30.6 Å². The Balaban J connectivity index is 1.51. The summed E-state index contributed by atoms with van der Waals surface area (Å²) in [6.45, 7) is 1.06. The van der Waals surface area contributed by atoms with E-state index < -0.39 is 0 Å². The summed E-state index contributed by atoms with van der Waals surface area (Å²) in [5, 5.41) is 4.35. The Morgan fingerprint density at radius 1 is 1.20 bits per heavy atom. The highest BCUT2D eigenvalue weighted by Gasteiger charge is 2.29. The predicted octanol–water partition coefficient (Wildman–Crippen LogP) is 0.753. The van der Waals surface area contributed by atoms with E-state index in [-0.39, 0.29) is 30.5 Å². The third-order valence-corrected chi connectivity index (χ3v) is 4.14. The Morgan fingerprint density at radius 3 is 2.80 bits per heavy atom. The van der Waals surface area contributed by atoms with Gasteiger partial charge in [0.2, 0.25) is 5.95 Å². The van der Waals surface area contributed by atoms with Crippen molar-refractivity contribution in [3.63, 3.8) is 0 Å². The molecule has 126 valence electrons. The number of anilines is 1. The number of aromatic amines is 1. The number of nitrogen functional groups attached to an aromatic ring is 1. The van der Waals surface area contributed by atoms with E-state index in [9.17, 15) is 9.59 Å². The molecule has 1 aromatic carbocycles. The lowest BCUT2D eigenvalue weighted by Crippen LogP contribution is -2.26. The lowest BCUT2D eigenvalue weighted by molar-refractivity contribution is 0.0743. The monoisotopic (exact) mass is 336 g/mol. The van der Waals surface area contributed by atoms with Crippen LogP contribution < -0.4 is 11.3 Å². The smallest absolute Gasteiger partial charge is 0.275 e. The fraction of sp³-hybridized carbons (Fsp3) is 0.176. The van der Waals surface area contributed by atoms with Crippen LogP contribution >= 0.6 is 0 Å². The fourth-order valence-corrected chi connectivity index (χ4v) is 2.92. The van der Waals surface area contributed by atoms with Crippen LogP contribution in [0.4, 0.5) is 5.95 Å². The molecule has 0 fully saturated rings. The topological polar surface area (TPSA) is 110 Å². The van der Waals surface area contributed by atoms with Gasteiger partial charge >= 0.3 is 0 Å². The van der Waals surface area contributed by atoms with Gasteiger partial charge in [-0.25, -0.2) is 4.98 Å². The first-order valence-corrected chi connectivity index (χ1v) is 7.84. The van der Waals surface area contributed by atoms with Gasteiger partial charge in [-0.1, -0.05) is 30.3 Å². The molecule has 25 heavy (non-hydrogen) atoms. The van der Waals surface area contributed by atoms with Gasteiger partial charge in [-0.2, -0.15) is 5.10 Å². The zero-order chi connectivity index (χ0) is 17.4. The molecule has 1 aliphatic rings. The van der Waals surface area contributed by atoms with Crippen molar-refractivity contribution in [2.45, 2.75) is 19.6 Å². The third-order valence-electron chi connectivity index (χ3n) is 4.14. The van der Waals surface area contributed by atoms with Crippen LogP contribution in [0.25, 0.3) is 0 Å². The number of hydrogen-bond acceptors (Lipinski definition) is 5. The van der Waals surface area contributed by atoms with Crippen LogP contribution in [0.3, 0.4) is 0 Å². The molecule has 8 heteroatoms. The molecule has 3 aromatic rings. The molecule has 3 N–H and O–H groups in total. The number of nitrogens with two attached hydrogens (primary N) is 1. The summed E-state index contributed by atoms with van der Waals surface area (Å²) < 4.78 is 1.72. The highest BCUT2D eigenvalue weighted by Crippen LogP contribution is 2.20. The summed E-state index contributed by atoms with van der Waals surface area (Å²) in [4.78, 5) is 32.7. The molecule has 1 amide bonds. The zero-order valence-electron chi connectivity index (χ0n) is 13.3. The number of aromatic nitrogens is 4. The lowest BCUT2D eigenvalue weighted by atomic mass is 10.2. The minimum Gasteiger partial charge on any atom is -0.369 e. The molecule has 0 radical (unpaired) electrons. The number of carbonyl (C=O) groups excluding carboxylic acids is 1. The Hall–Kier alpha value is -3.42. The van der Waals surface area contributed by atoms with Crippen molar-refractivity contribution in [1.82, 2.24) is 24.6 Å². The van der Waals surface area contributed by atoms with Gasteiger partial charge < -0.3 is 10.6 Å². The molecule has 0 saturated heterocycles. The Bertz CT molecular complexity index is 992. The van der Waals surface area contributed by atoms with Crippen LogP contribution in [0.15, 0.2) is 47.4 Å². The standard InChI is InChI=1S/C17H16N6O2/c18-17-19-14-10-22(9-12(14)15(24)20-17)16(25)13-6-7-23(21-13)8-11-4-2-1-3-5-11/h1-7H,8-10H2,(H3,18,19,20,24). The average Bonchev–Trinajstić information content (AvgIpc) is 3.22. The highest BCUT2D eigenvalue weighted by atomic mass is 16.2. The van der Waals surface area contributed by atoms with E-state index in [1.54, 1.807) is 21.8 Å². The average molecular weight is 336 g/mol. The second-order valence-electron chi connectivity index (χ2n) is 5.92. The third kappa shape index (κ3) is 2.89. The number of amides is 1. The summed E-state index contributed by atoms with van der Waals surface area (Å²) in [5.74, 6) is -0.173. The molecule has 2 aromatic heterocycles. The molecule has 3 heterocycles. The van der Waals surface area contributed by atoms with E-state index in [1.807, 2.05) is 30.3 Å². The quantitative estimate of drug-likeness (QED) is 0.733. The van der Waals surface area contributed by atoms with E-state index in [0.29, 0.717) is 23.5 Å². The van der Waals surface area contributed by atoms with Crippen molar-refractivity contribution in [2.75, 3.05) is 5.73 Å². The molecule has 8 nitrogen and oxygen atoms in total. The Morgan fingerprint density at radius 2 is 2.00 bits per heavy atom. The van der Waals surface area contributed by atoms with Crippen LogP contribution in [0.5, 0.6) is 0 Å². The minimum atomic E-state index is -0.299. The summed E-state index contributed by atoms with van der Waals surface area (Å²) in [6, 6.07) is 11.6. The number of H-pyrrole nitrogens is 1. The summed E-state index contributed by atoms with van der Waals surface area (Å²) >= 11 is 0. The maximum atomic E-state index is 12.7. The molecular formula is C17H16N6O2. The van der Waals surface area contributed by atoms with Gasteiger partial charge in [0.15, 0.2) is 0 Å². The number of fused-ring (bicyclic) bond motifs is 1. The number of carbonyl (C=O) groups is 1. The van der Waals surface area contributed by atoms with E-state index in [0.717, 1.165) is 5.56 Å². The first-order valence-electron chi connectivity index (χ1n) is 7.84. The van der Waals surface area contributed by atoms with Crippen LogP contribution in [0.1, 0.15) is 27.3 Å². The SMILES string of the molecule is Nc1nc2c(c(=O)[nH]1)CN(C(=O)c1ccn(Cc3ccccc3)n1)C2. The summed E-state index contributed by atoms with van der Waals surface area (Å²) in [7, 11) is 0. The van der Waals surface area contributed by atoms with E-state index in [1.165, 1.54) is 0 Å². The second-order valence-corrected chi connectivity index (χ2v) is 5.92. The first kappa shape index (κ1) is 15.1. The van der Waals surface area contributed by atoms with Crippen LogP contribution in [-0.2, 0) is 19.6 Å². The predicted molar refractivity (Wildman–Crippen MR) is 90.6 cm³/mol. The minimum absolute atomic E-state index is 0.0604. The number of rotatable bonds is 3. The van der Waals surface area contributed by atoms with Crippen LogP contribution in [0, 0.1) is 0 Å². The Labute approximate surface area is 142 Å². The van der Waals surface area contributed by atoms with Crippen molar-refractivity contribution < 1.29 is 4.79 Å². The molecule has 0 saturated carbocycles. The van der Waals surface area contributed by atoms with Crippen molar-refractivity contribution >= 4 is 11.9 Å². The second kappa shape index (κ2) is 5.90. The van der Waals surface area contributed by atoms with Crippen molar-refractivity contribution in [1.29, 1.82) is 0 Å². The van der Waals surface area contributed by atoms with E-state index in [2.05, 4.69) is 15.1 Å². The fourth-order valence-electron chi connectivity index (χ4n) is 2.92. The number of nitrogens with one attached hydrogen (secondary N) is 1. The largest absolute Gasteiger partial charge is 0.369 e. The van der Waals surface area contributed by atoms with Gasteiger partial charge in [0.1, 0.15) is 5.69 Å². The first-order chi connectivity index (χ1) is 12.1. The van der Waals surface area contributed by atoms with Crippen molar-refractivity contribution in [2.24, 2.45) is 0 Å².